The zero-order chi connectivity index (χ0) is 18.9. The van der Waals surface area contributed by atoms with Crippen LogP contribution in [0.15, 0.2) is 60.7 Å². The van der Waals surface area contributed by atoms with Gasteiger partial charge in [0.1, 0.15) is 0 Å². The molecule has 2 aromatic rings. The minimum atomic E-state index is 0.0974. The maximum absolute atomic E-state index is 5.63. The first-order valence-electron chi connectivity index (χ1n) is 9.06. The fourth-order valence-electron chi connectivity index (χ4n) is 2.16. The van der Waals surface area contributed by atoms with Crippen LogP contribution in [0.4, 0.5) is 0 Å². The van der Waals surface area contributed by atoms with E-state index in [9.17, 15) is 0 Å². The van der Waals surface area contributed by atoms with Gasteiger partial charge in [0.15, 0.2) is 0 Å². The molecule has 1 unspecified atom stereocenters. The van der Waals surface area contributed by atoms with Crippen molar-refractivity contribution < 1.29 is 9.47 Å². The molecule has 0 radical (unpaired) electrons. The van der Waals surface area contributed by atoms with Crippen molar-refractivity contribution in [3.05, 3.63) is 71.8 Å². The van der Waals surface area contributed by atoms with Crippen LogP contribution in [0.3, 0.4) is 0 Å². The van der Waals surface area contributed by atoms with Crippen LogP contribution in [0.5, 0.6) is 0 Å². The van der Waals surface area contributed by atoms with Crippen molar-refractivity contribution in [3.8, 4) is 0 Å². The van der Waals surface area contributed by atoms with Crippen molar-refractivity contribution in [2.24, 2.45) is 5.73 Å². The van der Waals surface area contributed by atoms with E-state index in [0.29, 0.717) is 19.8 Å². The lowest BCUT2D eigenvalue weighted by atomic mass is 10.2. The van der Waals surface area contributed by atoms with Crippen LogP contribution in [0.2, 0.25) is 0 Å². The van der Waals surface area contributed by atoms with Gasteiger partial charge in [-0.3, -0.25) is 0 Å². The molecule has 4 N–H and O–H groups in total. The molecule has 26 heavy (non-hydrogen) atoms. The molecule has 0 aliphatic heterocycles. The summed E-state index contributed by atoms with van der Waals surface area (Å²) in [6.45, 7) is 4.36. The highest BCUT2D eigenvalue weighted by atomic mass is 16.5. The second-order valence-electron chi connectivity index (χ2n) is 5.85. The molecule has 0 aromatic heterocycles. The van der Waals surface area contributed by atoms with Crippen molar-refractivity contribution in [2.45, 2.75) is 19.3 Å². The molecule has 0 spiro atoms. The van der Waals surface area contributed by atoms with Gasteiger partial charge in [0, 0.05) is 19.6 Å². The third kappa shape index (κ3) is 11.0. The first-order chi connectivity index (χ1) is 12.8. The molecule has 2 rings (SSSR count). The van der Waals surface area contributed by atoms with E-state index in [2.05, 4.69) is 22.8 Å². The Morgan fingerprint density at radius 3 is 1.92 bits per heavy atom. The van der Waals surface area contributed by atoms with Gasteiger partial charge in [-0.25, -0.2) is 0 Å². The molecular formula is C21H33N3O2. The zero-order valence-electron chi connectivity index (χ0n) is 16.0. The Hall–Kier alpha value is -1.76. The summed E-state index contributed by atoms with van der Waals surface area (Å²) < 4.78 is 11.0. The third-order valence-electron chi connectivity index (χ3n) is 3.63. The van der Waals surface area contributed by atoms with Crippen LogP contribution in [-0.4, -0.2) is 46.4 Å². The van der Waals surface area contributed by atoms with E-state index in [0.717, 1.165) is 19.7 Å². The highest BCUT2D eigenvalue weighted by molar-refractivity contribution is 5.14. The fourth-order valence-corrected chi connectivity index (χ4v) is 2.16. The van der Waals surface area contributed by atoms with Gasteiger partial charge in [0.05, 0.1) is 25.9 Å². The largest absolute Gasteiger partial charge is 0.375 e. The Bertz CT molecular complexity index is 537. The minimum absolute atomic E-state index is 0.0974. The van der Waals surface area contributed by atoms with Crippen LogP contribution < -0.4 is 16.4 Å². The summed E-state index contributed by atoms with van der Waals surface area (Å²) >= 11 is 0. The number of benzene rings is 2. The molecule has 0 fully saturated rings. The molecule has 0 amide bonds. The number of rotatable bonds is 11. The van der Waals surface area contributed by atoms with E-state index in [1.807, 2.05) is 62.6 Å². The summed E-state index contributed by atoms with van der Waals surface area (Å²) in [5.74, 6) is 0. The highest BCUT2D eigenvalue weighted by Crippen LogP contribution is 2.02. The first kappa shape index (κ1) is 22.3. The van der Waals surface area contributed by atoms with Gasteiger partial charge >= 0.3 is 0 Å². The molecule has 0 aliphatic carbocycles. The number of likely N-dealkylation sites (N-methyl/N-ethyl adjacent to an activating group) is 2. The predicted octanol–water partition coefficient (Wildman–Crippen LogP) is 2.17. The van der Waals surface area contributed by atoms with E-state index in [4.69, 9.17) is 15.2 Å². The molecule has 5 heteroatoms. The molecule has 0 bridgehead atoms. The van der Waals surface area contributed by atoms with Crippen molar-refractivity contribution >= 4 is 0 Å². The molecule has 0 heterocycles. The van der Waals surface area contributed by atoms with Crippen molar-refractivity contribution in [1.29, 1.82) is 0 Å². The molecule has 0 saturated heterocycles. The third-order valence-corrected chi connectivity index (χ3v) is 3.63. The number of nitrogens with two attached hydrogens (primary N) is 1. The average molecular weight is 360 g/mol. The second-order valence-corrected chi connectivity index (χ2v) is 5.85. The topological polar surface area (TPSA) is 68.5 Å². The van der Waals surface area contributed by atoms with E-state index >= 15 is 0 Å². The summed E-state index contributed by atoms with van der Waals surface area (Å²) in [4.78, 5) is 0. The summed E-state index contributed by atoms with van der Waals surface area (Å²) in [6, 6.07) is 20.3. The zero-order valence-corrected chi connectivity index (χ0v) is 16.0. The summed E-state index contributed by atoms with van der Waals surface area (Å²) in [6.07, 6.45) is 0.0974. The predicted molar refractivity (Wildman–Crippen MR) is 108 cm³/mol. The van der Waals surface area contributed by atoms with E-state index in [1.54, 1.807) is 0 Å². The molecule has 0 saturated carbocycles. The summed E-state index contributed by atoms with van der Waals surface area (Å²) in [5.41, 5.74) is 7.97. The Labute approximate surface area is 157 Å². The Kier molecular flexibility index (Phi) is 13.3. The van der Waals surface area contributed by atoms with Crippen LogP contribution in [0.25, 0.3) is 0 Å². The summed E-state index contributed by atoms with van der Waals surface area (Å²) in [5, 5.41) is 6.08. The van der Waals surface area contributed by atoms with Gasteiger partial charge in [-0.1, -0.05) is 60.7 Å². The SMILES string of the molecule is CNCC(CN)OCc1ccccc1.CNCCOCc1ccccc1. The average Bonchev–Trinajstić information content (AvgIpc) is 2.70. The number of hydrogen-bond acceptors (Lipinski definition) is 5. The van der Waals surface area contributed by atoms with Gasteiger partial charge in [-0.05, 0) is 25.2 Å². The van der Waals surface area contributed by atoms with Gasteiger partial charge in [0.25, 0.3) is 0 Å². The first-order valence-corrected chi connectivity index (χ1v) is 9.06. The standard InChI is InChI=1S/C11H18N2O.C10H15NO/c1-13-8-11(7-12)14-9-10-5-3-2-4-6-10;1-11-7-8-12-9-10-5-3-2-4-6-10/h2-6,11,13H,7-9,12H2,1H3;2-6,11H,7-9H2,1H3. The van der Waals surface area contributed by atoms with Crippen molar-refractivity contribution in [1.82, 2.24) is 10.6 Å². The maximum Gasteiger partial charge on any atom is 0.0825 e. The van der Waals surface area contributed by atoms with Gasteiger partial charge in [-0.15, -0.1) is 0 Å². The summed E-state index contributed by atoms with van der Waals surface area (Å²) in [7, 11) is 3.82. The van der Waals surface area contributed by atoms with Gasteiger partial charge in [-0.2, -0.15) is 0 Å². The molecule has 1 atom stereocenters. The second kappa shape index (κ2) is 15.5. The fraction of sp³-hybridized carbons (Fsp3) is 0.429. The highest BCUT2D eigenvalue weighted by Gasteiger charge is 2.04. The molecule has 144 valence electrons. The smallest absolute Gasteiger partial charge is 0.0825 e. The lowest BCUT2D eigenvalue weighted by molar-refractivity contribution is 0.0478. The Morgan fingerprint density at radius 1 is 0.846 bits per heavy atom. The quantitative estimate of drug-likeness (QED) is 0.537. The number of ether oxygens (including phenoxy) is 2. The number of hydrogen-bond donors (Lipinski definition) is 3. The van der Waals surface area contributed by atoms with Crippen molar-refractivity contribution in [2.75, 3.05) is 40.3 Å². The Balaban J connectivity index is 0.000000263. The van der Waals surface area contributed by atoms with Crippen LogP contribution >= 0.6 is 0 Å². The van der Waals surface area contributed by atoms with E-state index in [1.165, 1.54) is 11.1 Å². The Morgan fingerprint density at radius 2 is 1.42 bits per heavy atom. The van der Waals surface area contributed by atoms with E-state index < -0.39 is 0 Å². The van der Waals surface area contributed by atoms with E-state index in [-0.39, 0.29) is 6.10 Å². The van der Waals surface area contributed by atoms with Crippen molar-refractivity contribution in [3.63, 3.8) is 0 Å². The minimum Gasteiger partial charge on any atom is -0.375 e. The monoisotopic (exact) mass is 359 g/mol. The van der Waals surface area contributed by atoms with Gasteiger partial charge in [0.2, 0.25) is 0 Å². The lowest BCUT2D eigenvalue weighted by Crippen LogP contribution is -2.33. The van der Waals surface area contributed by atoms with Gasteiger partial charge < -0.3 is 25.8 Å². The molecular weight excluding hydrogens is 326 g/mol. The maximum atomic E-state index is 5.63. The normalized spacial score (nSPS) is 11.5. The lowest BCUT2D eigenvalue weighted by Gasteiger charge is -2.15. The molecule has 2 aromatic carbocycles. The van der Waals surface area contributed by atoms with Crippen LogP contribution in [0, 0.1) is 0 Å². The van der Waals surface area contributed by atoms with Crippen LogP contribution in [0.1, 0.15) is 11.1 Å². The molecule has 5 nitrogen and oxygen atoms in total. The van der Waals surface area contributed by atoms with Crippen LogP contribution in [-0.2, 0) is 22.7 Å². The number of nitrogens with one attached hydrogen (secondary N) is 2. The molecule has 0 aliphatic rings.